The van der Waals surface area contributed by atoms with Crippen molar-refractivity contribution in [2.75, 3.05) is 0 Å². The standard InChI is InChI=1S/C7H9NO/c1-6-3-2-4-7(5-6)8-9/h2-3,5,9H,4H2,1H3. The third kappa shape index (κ3) is 1.42. The summed E-state index contributed by atoms with van der Waals surface area (Å²) in [6.07, 6.45) is 6.59. The largest absolute Gasteiger partial charge is 0.411 e. The molecule has 0 radical (unpaired) electrons. The Morgan fingerprint density at radius 1 is 1.67 bits per heavy atom. The van der Waals surface area contributed by atoms with Crippen molar-refractivity contribution in [3.8, 4) is 0 Å². The average molecular weight is 123 g/mol. The Morgan fingerprint density at radius 2 is 2.44 bits per heavy atom. The Bertz CT molecular complexity index is 189. The van der Waals surface area contributed by atoms with Crippen LogP contribution in [0.3, 0.4) is 0 Å². The maximum atomic E-state index is 8.32. The summed E-state index contributed by atoms with van der Waals surface area (Å²) in [5.74, 6) is 0. The van der Waals surface area contributed by atoms with Gasteiger partial charge in [0.25, 0.3) is 0 Å². The van der Waals surface area contributed by atoms with Crippen molar-refractivity contribution in [2.45, 2.75) is 13.3 Å². The average Bonchev–Trinajstić information content (AvgIpc) is 1.88. The van der Waals surface area contributed by atoms with Gasteiger partial charge in [0.15, 0.2) is 0 Å². The fraction of sp³-hybridized carbons (Fsp3) is 0.286. The molecule has 1 N–H and O–H groups in total. The highest BCUT2D eigenvalue weighted by Crippen LogP contribution is 2.05. The minimum absolute atomic E-state index is 0.731. The molecule has 0 aliphatic heterocycles. The zero-order valence-corrected chi connectivity index (χ0v) is 5.33. The van der Waals surface area contributed by atoms with Crippen molar-refractivity contribution in [3.63, 3.8) is 0 Å². The first kappa shape index (κ1) is 6.08. The van der Waals surface area contributed by atoms with Crippen molar-refractivity contribution in [2.24, 2.45) is 5.16 Å². The molecule has 0 atom stereocenters. The van der Waals surface area contributed by atoms with Gasteiger partial charge in [0.2, 0.25) is 0 Å². The number of rotatable bonds is 0. The highest BCUT2D eigenvalue weighted by molar-refractivity contribution is 5.97. The number of nitrogens with zero attached hydrogens (tertiary/aromatic N) is 1. The Kier molecular flexibility index (Phi) is 1.68. The number of hydrogen-bond donors (Lipinski definition) is 1. The summed E-state index contributed by atoms with van der Waals surface area (Å²) in [5, 5.41) is 11.4. The van der Waals surface area contributed by atoms with Crippen LogP contribution in [0.2, 0.25) is 0 Å². The predicted molar refractivity (Wildman–Crippen MR) is 36.7 cm³/mol. The number of oxime groups is 1. The Labute approximate surface area is 54.2 Å². The van der Waals surface area contributed by atoms with Crippen LogP contribution in [0.1, 0.15) is 13.3 Å². The van der Waals surface area contributed by atoms with Crippen LogP contribution in [-0.2, 0) is 0 Å². The van der Waals surface area contributed by atoms with E-state index in [1.54, 1.807) is 0 Å². The third-order valence-electron chi connectivity index (χ3n) is 1.23. The second-order valence-corrected chi connectivity index (χ2v) is 2.09. The molecule has 0 unspecified atom stereocenters. The molecule has 0 aromatic heterocycles. The van der Waals surface area contributed by atoms with Gasteiger partial charge in [-0.2, -0.15) is 0 Å². The molecule has 0 bridgehead atoms. The van der Waals surface area contributed by atoms with Crippen LogP contribution < -0.4 is 0 Å². The van der Waals surface area contributed by atoms with Crippen molar-refractivity contribution in [1.82, 2.24) is 0 Å². The van der Waals surface area contributed by atoms with Crippen LogP contribution in [0.15, 0.2) is 29.0 Å². The van der Waals surface area contributed by atoms with Gasteiger partial charge in [-0.15, -0.1) is 0 Å². The molecule has 1 rings (SSSR count). The zero-order chi connectivity index (χ0) is 6.69. The highest BCUT2D eigenvalue weighted by atomic mass is 16.4. The minimum atomic E-state index is 0.731. The predicted octanol–water partition coefficient (Wildman–Crippen LogP) is 1.72. The SMILES string of the molecule is CC1=CC(=NO)CC=C1. The Balaban J connectivity index is 2.78. The van der Waals surface area contributed by atoms with Gasteiger partial charge in [0.1, 0.15) is 0 Å². The van der Waals surface area contributed by atoms with Crippen molar-refractivity contribution < 1.29 is 5.21 Å². The highest BCUT2D eigenvalue weighted by Gasteiger charge is 1.97. The van der Waals surface area contributed by atoms with E-state index in [1.807, 2.05) is 25.2 Å². The van der Waals surface area contributed by atoms with E-state index in [1.165, 1.54) is 0 Å². The summed E-state index contributed by atoms with van der Waals surface area (Å²) in [6, 6.07) is 0. The smallest absolute Gasteiger partial charge is 0.0836 e. The normalized spacial score (nSPS) is 22.3. The fourth-order valence-electron chi connectivity index (χ4n) is 0.805. The molecule has 0 fully saturated rings. The van der Waals surface area contributed by atoms with E-state index < -0.39 is 0 Å². The van der Waals surface area contributed by atoms with Gasteiger partial charge in [-0.25, -0.2) is 0 Å². The van der Waals surface area contributed by atoms with Gasteiger partial charge in [0, 0.05) is 6.42 Å². The lowest BCUT2D eigenvalue weighted by molar-refractivity contribution is 0.318. The summed E-state index contributed by atoms with van der Waals surface area (Å²) >= 11 is 0. The first-order valence-corrected chi connectivity index (χ1v) is 2.88. The van der Waals surface area contributed by atoms with Crippen molar-refractivity contribution >= 4 is 5.71 Å². The maximum absolute atomic E-state index is 8.32. The van der Waals surface area contributed by atoms with Crippen LogP contribution in [-0.4, -0.2) is 10.9 Å². The van der Waals surface area contributed by atoms with Crippen LogP contribution in [0.4, 0.5) is 0 Å². The van der Waals surface area contributed by atoms with E-state index in [0.717, 1.165) is 17.7 Å². The van der Waals surface area contributed by atoms with Crippen molar-refractivity contribution in [3.05, 3.63) is 23.8 Å². The molecule has 2 heteroatoms. The van der Waals surface area contributed by atoms with E-state index in [2.05, 4.69) is 5.16 Å². The van der Waals surface area contributed by atoms with Gasteiger partial charge >= 0.3 is 0 Å². The van der Waals surface area contributed by atoms with Crippen LogP contribution in [0.25, 0.3) is 0 Å². The molecule has 0 aromatic carbocycles. The molecule has 0 spiro atoms. The first-order chi connectivity index (χ1) is 4.33. The molecular formula is C7H9NO. The van der Waals surface area contributed by atoms with E-state index in [9.17, 15) is 0 Å². The minimum Gasteiger partial charge on any atom is -0.411 e. The van der Waals surface area contributed by atoms with E-state index in [4.69, 9.17) is 5.21 Å². The first-order valence-electron chi connectivity index (χ1n) is 2.88. The molecule has 1 aliphatic carbocycles. The lowest BCUT2D eigenvalue weighted by Crippen LogP contribution is -1.95. The lowest BCUT2D eigenvalue weighted by Gasteiger charge is -2.00. The number of allylic oxidation sites excluding steroid dienone is 4. The third-order valence-corrected chi connectivity index (χ3v) is 1.23. The monoisotopic (exact) mass is 123 g/mol. The second-order valence-electron chi connectivity index (χ2n) is 2.09. The molecule has 9 heavy (non-hydrogen) atoms. The summed E-state index contributed by atoms with van der Waals surface area (Å²) in [7, 11) is 0. The lowest BCUT2D eigenvalue weighted by atomic mass is 10.1. The van der Waals surface area contributed by atoms with Gasteiger partial charge < -0.3 is 5.21 Å². The summed E-state index contributed by atoms with van der Waals surface area (Å²) in [4.78, 5) is 0. The quantitative estimate of drug-likeness (QED) is 0.386. The van der Waals surface area contributed by atoms with Crippen LogP contribution in [0.5, 0.6) is 0 Å². The van der Waals surface area contributed by atoms with E-state index >= 15 is 0 Å². The molecule has 0 amide bonds. The molecule has 0 aromatic rings. The van der Waals surface area contributed by atoms with Gasteiger partial charge in [-0.05, 0) is 18.6 Å². The molecule has 0 saturated heterocycles. The Morgan fingerprint density at radius 3 is 2.89 bits per heavy atom. The van der Waals surface area contributed by atoms with Crippen molar-refractivity contribution in [1.29, 1.82) is 0 Å². The second kappa shape index (κ2) is 2.49. The summed E-state index contributed by atoms with van der Waals surface area (Å²) in [6.45, 7) is 1.97. The van der Waals surface area contributed by atoms with Gasteiger partial charge in [-0.1, -0.05) is 17.3 Å². The van der Waals surface area contributed by atoms with Gasteiger partial charge in [0.05, 0.1) is 5.71 Å². The molecule has 48 valence electrons. The Hall–Kier alpha value is -1.05. The fourth-order valence-corrected chi connectivity index (χ4v) is 0.805. The maximum Gasteiger partial charge on any atom is 0.0836 e. The van der Waals surface area contributed by atoms with Crippen LogP contribution >= 0.6 is 0 Å². The summed E-state index contributed by atoms with van der Waals surface area (Å²) < 4.78 is 0. The topological polar surface area (TPSA) is 32.6 Å². The summed E-state index contributed by atoms with van der Waals surface area (Å²) in [5.41, 5.74) is 1.86. The van der Waals surface area contributed by atoms with Gasteiger partial charge in [-0.3, -0.25) is 0 Å². The van der Waals surface area contributed by atoms with Crippen LogP contribution in [0, 0.1) is 0 Å². The zero-order valence-electron chi connectivity index (χ0n) is 5.33. The van der Waals surface area contributed by atoms with E-state index in [-0.39, 0.29) is 0 Å². The number of hydrogen-bond acceptors (Lipinski definition) is 2. The molecule has 0 heterocycles. The molecule has 0 saturated carbocycles. The molecule has 1 aliphatic rings. The van der Waals surface area contributed by atoms with E-state index in [0.29, 0.717) is 0 Å². The molecular weight excluding hydrogens is 114 g/mol. The molecule has 2 nitrogen and oxygen atoms in total.